The molecule has 0 bridgehead atoms. The molecule has 4 nitrogen and oxygen atoms in total. The molecule has 0 aliphatic carbocycles. The maximum atomic E-state index is 12.1. The van der Waals surface area contributed by atoms with Crippen LogP contribution in [0.1, 0.15) is 116 Å². The molecule has 0 fully saturated rings. The summed E-state index contributed by atoms with van der Waals surface area (Å²) in [5.41, 5.74) is 5.51. The Morgan fingerprint density at radius 3 is 1.82 bits per heavy atom. The van der Waals surface area contributed by atoms with E-state index in [2.05, 4.69) is 24.9 Å². The fourth-order valence-corrected chi connectivity index (χ4v) is 3.74. The maximum absolute atomic E-state index is 12.1. The van der Waals surface area contributed by atoms with Crippen LogP contribution in [0.4, 0.5) is 0 Å². The Bertz CT molecular complexity index is 367. The molecule has 3 N–H and O–H groups in total. The van der Waals surface area contributed by atoms with Crippen LogP contribution in [0.2, 0.25) is 0 Å². The van der Waals surface area contributed by atoms with Crippen molar-refractivity contribution in [2.75, 3.05) is 6.54 Å². The predicted molar refractivity (Wildman–Crippen MR) is 124 cm³/mol. The summed E-state index contributed by atoms with van der Waals surface area (Å²) >= 11 is 4.28. The molecule has 28 heavy (non-hydrogen) atoms. The van der Waals surface area contributed by atoms with Crippen molar-refractivity contribution in [1.82, 2.24) is 5.32 Å². The van der Waals surface area contributed by atoms with E-state index in [-0.39, 0.29) is 11.9 Å². The number of rotatable bonds is 21. The summed E-state index contributed by atoms with van der Waals surface area (Å²) in [5.74, 6) is 0.0433. The number of hydrogen-bond acceptors (Lipinski definition) is 4. The van der Waals surface area contributed by atoms with Gasteiger partial charge in [-0.2, -0.15) is 12.6 Å². The van der Waals surface area contributed by atoms with E-state index in [1.54, 1.807) is 0 Å². The zero-order valence-electron chi connectivity index (χ0n) is 18.3. The second-order valence-electron chi connectivity index (χ2n) is 8.08. The monoisotopic (exact) mass is 414 g/mol. The van der Waals surface area contributed by atoms with E-state index in [1.165, 1.54) is 70.6 Å². The topological polar surface area (TPSA) is 72.2 Å². The van der Waals surface area contributed by atoms with E-state index >= 15 is 0 Å². The summed E-state index contributed by atoms with van der Waals surface area (Å²) < 4.78 is 0. The Morgan fingerprint density at radius 1 is 0.857 bits per heavy atom. The van der Waals surface area contributed by atoms with Crippen LogP contribution in [0.3, 0.4) is 0 Å². The van der Waals surface area contributed by atoms with Crippen LogP contribution in [0.5, 0.6) is 0 Å². The van der Waals surface area contributed by atoms with Crippen LogP contribution in [0.15, 0.2) is 0 Å². The van der Waals surface area contributed by atoms with Crippen molar-refractivity contribution in [3.63, 3.8) is 0 Å². The first-order valence-corrected chi connectivity index (χ1v) is 12.3. The lowest BCUT2D eigenvalue weighted by molar-refractivity contribution is -0.122. The molecule has 0 aromatic carbocycles. The van der Waals surface area contributed by atoms with Gasteiger partial charge < -0.3 is 15.8 Å². The van der Waals surface area contributed by atoms with Crippen molar-refractivity contribution in [2.45, 2.75) is 127 Å². The number of nitrogens with two attached hydrogens (primary N) is 1. The molecule has 0 rings (SSSR count). The standard InChI is InChI=1S/C23H46N2O2S/c1-2-3-4-5-6-7-8-9-10-11-12-13-14-18-23(27)25-21(22(28)20-26)17-15-16-19-24/h20-22,28H,2-19,24H2,1H3,(H,25,27). The van der Waals surface area contributed by atoms with Gasteiger partial charge in [-0.15, -0.1) is 0 Å². The van der Waals surface area contributed by atoms with Gasteiger partial charge in [0.25, 0.3) is 0 Å². The normalized spacial score (nSPS) is 13.2. The number of aldehydes is 1. The van der Waals surface area contributed by atoms with Gasteiger partial charge in [0.05, 0.1) is 5.25 Å². The molecule has 0 spiro atoms. The van der Waals surface area contributed by atoms with Crippen molar-refractivity contribution < 1.29 is 9.59 Å². The van der Waals surface area contributed by atoms with E-state index in [1.807, 2.05) is 0 Å². The molecule has 5 heteroatoms. The van der Waals surface area contributed by atoms with E-state index in [9.17, 15) is 9.59 Å². The van der Waals surface area contributed by atoms with Crippen LogP contribution in [-0.4, -0.2) is 30.0 Å². The fraction of sp³-hybridized carbons (Fsp3) is 0.913. The van der Waals surface area contributed by atoms with Gasteiger partial charge in [0, 0.05) is 12.5 Å². The lowest BCUT2D eigenvalue weighted by Gasteiger charge is -2.21. The van der Waals surface area contributed by atoms with E-state index in [0.717, 1.165) is 38.4 Å². The largest absolute Gasteiger partial charge is 0.352 e. The van der Waals surface area contributed by atoms with Crippen molar-refractivity contribution in [2.24, 2.45) is 5.73 Å². The molecule has 0 aromatic heterocycles. The Balaban J connectivity index is 3.57. The summed E-state index contributed by atoms with van der Waals surface area (Å²) in [6, 6.07) is -0.179. The number of amides is 1. The Hall–Kier alpha value is -0.550. The van der Waals surface area contributed by atoms with Crippen LogP contribution >= 0.6 is 12.6 Å². The molecule has 166 valence electrons. The molecule has 1 amide bonds. The van der Waals surface area contributed by atoms with Gasteiger partial charge in [-0.05, 0) is 25.8 Å². The van der Waals surface area contributed by atoms with Crippen molar-refractivity contribution in [1.29, 1.82) is 0 Å². The van der Waals surface area contributed by atoms with Gasteiger partial charge >= 0.3 is 0 Å². The fourth-order valence-electron chi connectivity index (χ4n) is 3.51. The smallest absolute Gasteiger partial charge is 0.220 e. The second-order valence-corrected chi connectivity index (χ2v) is 8.67. The number of nitrogens with one attached hydrogen (secondary N) is 1. The average molecular weight is 415 g/mol. The molecule has 0 aromatic rings. The lowest BCUT2D eigenvalue weighted by Crippen LogP contribution is -2.41. The third-order valence-electron chi connectivity index (χ3n) is 5.37. The summed E-state index contributed by atoms with van der Waals surface area (Å²) in [6.45, 7) is 2.90. The molecule has 2 unspecified atom stereocenters. The number of hydrogen-bond donors (Lipinski definition) is 3. The molecule has 0 aliphatic rings. The molecule has 0 aliphatic heterocycles. The first kappa shape index (κ1) is 27.5. The number of thiol groups is 1. The third kappa shape index (κ3) is 17.5. The van der Waals surface area contributed by atoms with Crippen molar-refractivity contribution in [3.8, 4) is 0 Å². The van der Waals surface area contributed by atoms with Gasteiger partial charge in [-0.3, -0.25) is 4.79 Å². The molecule has 0 saturated heterocycles. The molecule has 0 heterocycles. The average Bonchev–Trinajstić information content (AvgIpc) is 2.70. The number of unbranched alkanes of at least 4 members (excludes halogenated alkanes) is 13. The highest BCUT2D eigenvalue weighted by Crippen LogP contribution is 2.13. The number of carbonyl (C=O) groups excluding carboxylic acids is 2. The van der Waals surface area contributed by atoms with E-state index < -0.39 is 5.25 Å². The highest BCUT2D eigenvalue weighted by molar-refractivity contribution is 7.81. The third-order valence-corrected chi connectivity index (χ3v) is 5.86. The first-order chi connectivity index (χ1) is 13.7. The van der Waals surface area contributed by atoms with Crippen molar-refractivity contribution in [3.05, 3.63) is 0 Å². The van der Waals surface area contributed by atoms with Gasteiger partial charge in [-0.25, -0.2) is 0 Å². The van der Waals surface area contributed by atoms with Gasteiger partial charge in [0.15, 0.2) is 0 Å². The Labute approximate surface area is 179 Å². The SMILES string of the molecule is CCCCCCCCCCCCCCCC(=O)NC(CCCCN)C(S)C=O. The Kier molecular flexibility index (Phi) is 20.8. The minimum Gasteiger partial charge on any atom is -0.352 e. The van der Waals surface area contributed by atoms with Gasteiger partial charge in [0.2, 0.25) is 5.91 Å². The van der Waals surface area contributed by atoms with Crippen LogP contribution in [-0.2, 0) is 9.59 Å². The molecule has 0 saturated carbocycles. The van der Waals surface area contributed by atoms with E-state index in [4.69, 9.17) is 5.73 Å². The molecule has 2 atom stereocenters. The van der Waals surface area contributed by atoms with Crippen LogP contribution < -0.4 is 11.1 Å². The minimum absolute atomic E-state index is 0.0433. The highest BCUT2D eigenvalue weighted by Gasteiger charge is 2.19. The van der Waals surface area contributed by atoms with Crippen LogP contribution in [0.25, 0.3) is 0 Å². The Morgan fingerprint density at radius 2 is 1.36 bits per heavy atom. The maximum Gasteiger partial charge on any atom is 0.220 e. The summed E-state index contributed by atoms with van der Waals surface area (Å²) in [5, 5.41) is 2.55. The second kappa shape index (κ2) is 21.2. The van der Waals surface area contributed by atoms with Crippen molar-refractivity contribution >= 4 is 24.8 Å². The van der Waals surface area contributed by atoms with E-state index in [0.29, 0.717) is 13.0 Å². The summed E-state index contributed by atoms with van der Waals surface area (Å²) in [7, 11) is 0. The van der Waals surface area contributed by atoms with Gasteiger partial charge in [-0.1, -0.05) is 90.4 Å². The molecular formula is C23H46N2O2S. The first-order valence-electron chi connectivity index (χ1n) is 11.8. The predicted octanol–water partition coefficient (Wildman–Crippen LogP) is 5.58. The zero-order valence-corrected chi connectivity index (χ0v) is 19.2. The molecular weight excluding hydrogens is 368 g/mol. The number of carbonyl (C=O) groups is 2. The summed E-state index contributed by atoms with van der Waals surface area (Å²) in [6.07, 6.45) is 20.8. The quantitative estimate of drug-likeness (QED) is 0.130. The van der Waals surface area contributed by atoms with Crippen LogP contribution in [0, 0.1) is 0 Å². The van der Waals surface area contributed by atoms with Gasteiger partial charge in [0.1, 0.15) is 6.29 Å². The molecule has 0 radical (unpaired) electrons. The zero-order chi connectivity index (χ0) is 20.9. The lowest BCUT2D eigenvalue weighted by atomic mass is 10.0. The summed E-state index contributed by atoms with van der Waals surface area (Å²) in [4.78, 5) is 23.1. The minimum atomic E-state index is -0.437. The highest BCUT2D eigenvalue weighted by atomic mass is 32.1.